The molecule has 6 heteroatoms. The normalized spacial score (nSPS) is 18.1. The lowest BCUT2D eigenvalue weighted by molar-refractivity contribution is -0.122. The van der Waals surface area contributed by atoms with E-state index in [1.54, 1.807) is 7.11 Å². The molecule has 1 heterocycles. The van der Waals surface area contributed by atoms with E-state index < -0.39 is 0 Å². The number of carbonyl (C=O) groups excluding carboxylic acids is 2. The van der Waals surface area contributed by atoms with Gasteiger partial charge in [0.05, 0.1) is 6.10 Å². The van der Waals surface area contributed by atoms with E-state index in [2.05, 4.69) is 22.1 Å². The smallest absolute Gasteiger partial charge is 0.268 e. The van der Waals surface area contributed by atoms with E-state index in [0.29, 0.717) is 12.2 Å². The molecule has 1 aliphatic rings. The van der Waals surface area contributed by atoms with Crippen molar-refractivity contribution in [3.05, 3.63) is 65.9 Å². The van der Waals surface area contributed by atoms with Crippen molar-refractivity contribution in [2.45, 2.75) is 64.6 Å². The number of carbonyl (C=O) groups is 2. The van der Waals surface area contributed by atoms with Crippen LogP contribution in [0.5, 0.6) is 0 Å². The molecule has 1 saturated carbocycles. The number of aryl methyl sites for hydroxylation is 1. The fraction of sp³-hybridized carbons (Fsp3) is 0.429. The molecular weight excluding hydrogens is 426 g/mol. The monoisotopic (exact) mass is 461 g/mol. The molecule has 0 aliphatic heterocycles. The summed E-state index contributed by atoms with van der Waals surface area (Å²) in [6.07, 6.45) is 5.89. The van der Waals surface area contributed by atoms with E-state index >= 15 is 0 Å². The van der Waals surface area contributed by atoms with Gasteiger partial charge >= 0.3 is 0 Å². The first-order valence-corrected chi connectivity index (χ1v) is 12.4. The molecule has 3 aromatic rings. The molecule has 1 aliphatic carbocycles. The van der Waals surface area contributed by atoms with Gasteiger partial charge in [0.1, 0.15) is 5.69 Å². The topological polar surface area (TPSA) is 72.4 Å². The summed E-state index contributed by atoms with van der Waals surface area (Å²) in [5.41, 5.74) is 3.49. The molecule has 0 radical (unpaired) electrons. The number of aromatic nitrogens is 1. The second-order valence-corrected chi connectivity index (χ2v) is 9.19. The molecule has 0 saturated heterocycles. The van der Waals surface area contributed by atoms with Gasteiger partial charge in [0, 0.05) is 42.7 Å². The average molecular weight is 462 g/mol. The Morgan fingerprint density at radius 2 is 1.91 bits per heavy atom. The Morgan fingerprint density at radius 3 is 2.68 bits per heavy atom. The van der Waals surface area contributed by atoms with Crippen LogP contribution in [0.1, 0.15) is 61.5 Å². The predicted molar refractivity (Wildman–Crippen MR) is 136 cm³/mol. The van der Waals surface area contributed by atoms with Crippen LogP contribution in [0, 0.1) is 5.92 Å². The Balaban J connectivity index is 1.52. The maximum Gasteiger partial charge on any atom is 0.268 e. The minimum atomic E-state index is -0.0884. The second kappa shape index (κ2) is 11.3. The molecule has 1 aromatic heterocycles. The summed E-state index contributed by atoms with van der Waals surface area (Å²) in [6.45, 7) is 3.41. The molecule has 2 amide bonds. The summed E-state index contributed by atoms with van der Waals surface area (Å²) in [7, 11) is 1.72. The van der Waals surface area contributed by atoms with Crippen molar-refractivity contribution in [3.8, 4) is 0 Å². The van der Waals surface area contributed by atoms with Crippen LogP contribution in [0.3, 0.4) is 0 Å². The van der Waals surface area contributed by atoms with E-state index in [9.17, 15) is 9.59 Å². The van der Waals surface area contributed by atoms with Crippen molar-refractivity contribution in [3.63, 3.8) is 0 Å². The highest BCUT2D eigenvalue weighted by Gasteiger charge is 2.27. The number of amides is 2. The lowest BCUT2D eigenvalue weighted by Gasteiger charge is -2.27. The third-order valence-electron chi connectivity index (χ3n) is 6.76. The maximum absolute atomic E-state index is 13.1. The number of methoxy groups -OCH3 is 1. The Labute approximate surface area is 201 Å². The van der Waals surface area contributed by atoms with E-state index in [4.69, 9.17) is 4.74 Å². The van der Waals surface area contributed by atoms with E-state index in [-0.39, 0.29) is 23.8 Å². The molecule has 4 rings (SSSR count). The number of rotatable bonds is 9. The van der Waals surface area contributed by atoms with E-state index in [0.717, 1.165) is 67.2 Å². The van der Waals surface area contributed by atoms with Gasteiger partial charge in [-0.15, -0.1) is 0 Å². The van der Waals surface area contributed by atoms with Gasteiger partial charge in [-0.3, -0.25) is 9.59 Å². The number of ether oxygens (including phenoxy) is 1. The third kappa shape index (κ3) is 5.68. The van der Waals surface area contributed by atoms with Crippen LogP contribution >= 0.6 is 0 Å². The number of fused-ring (bicyclic) bond motifs is 1. The van der Waals surface area contributed by atoms with Gasteiger partial charge < -0.3 is 19.9 Å². The number of unbranched alkanes of at least 4 members (excludes halogenated alkanes) is 1. The van der Waals surface area contributed by atoms with Crippen LogP contribution in [0.15, 0.2) is 54.6 Å². The van der Waals surface area contributed by atoms with Crippen molar-refractivity contribution < 1.29 is 14.3 Å². The Morgan fingerprint density at radius 1 is 1.09 bits per heavy atom. The first-order chi connectivity index (χ1) is 16.6. The largest absolute Gasteiger partial charge is 0.381 e. The summed E-state index contributed by atoms with van der Waals surface area (Å²) in [6, 6.07) is 17.8. The third-order valence-corrected chi connectivity index (χ3v) is 6.76. The number of hydrogen-bond donors (Lipinski definition) is 2. The molecule has 2 N–H and O–H groups in total. The number of nitrogens with zero attached hydrogens (tertiary/aromatic N) is 1. The van der Waals surface area contributed by atoms with Gasteiger partial charge in [0.25, 0.3) is 5.91 Å². The standard InChI is InChI=1S/C28H35N3O3/c1-3-4-15-31-25-14-13-23(30-27(32)21-11-8-12-24(17-21)34-2)16-22(25)18-26(31)28(33)29-19-20-9-6-5-7-10-20/h5-7,9-10,13-14,16,18,21,24H,3-4,8,11-12,15,17,19H2,1-2H3,(H,29,33)(H,30,32)/t21-,24-/m0/s1. The SMILES string of the molecule is CCCCn1c(C(=O)NCc2ccccc2)cc2cc(NC(=O)[C@H]3CCC[C@H](OC)C3)ccc21. The lowest BCUT2D eigenvalue weighted by Crippen LogP contribution is -2.30. The molecule has 180 valence electrons. The average Bonchev–Trinajstić information content (AvgIpc) is 3.24. The highest BCUT2D eigenvalue weighted by Crippen LogP contribution is 2.29. The number of nitrogens with one attached hydrogen (secondary N) is 2. The first kappa shape index (κ1) is 24.0. The van der Waals surface area contributed by atoms with Crippen LogP contribution in [-0.4, -0.2) is 29.6 Å². The van der Waals surface area contributed by atoms with E-state index in [1.807, 2.05) is 54.6 Å². The summed E-state index contributed by atoms with van der Waals surface area (Å²) >= 11 is 0. The first-order valence-electron chi connectivity index (χ1n) is 12.4. The second-order valence-electron chi connectivity index (χ2n) is 9.19. The van der Waals surface area contributed by atoms with Crippen LogP contribution in [0.25, 0.3) is 10.9 Å². The van der Waals surface area contributed by atoms with Crippen molar-refractivity contribution in [2.75, 3.05) is 12.4 Å². The Bertz CT molecular complexity index is 1120. The zero-order valence-corrected chi connectivity index (χ0v) is 20.2. The molecule has 0 unspecified atom stereocenters. The molecule has 0 spiro atoms. The van der Waals surface area contributed by atoms with Gasteiger partial charge in [-0.1, -0.05) is 50.1 Å². The Kier molecular flexibility index (Phi) is 8.01. The quantitative estimate of drug-likeness (QED) is 0.441. The molecular formula is C28H35N3O3. The minimum Gasteiger partial charge on any atom is -0.381 e. The van der Waals surface area contributed by atoms with Gasteiger partial charge in [-0.2, -0.15) is 0 Å². The minimum absolute atomic E-state index is 0.0251. The predicted octanol–water partition coefficient (Wildman–Crippen LogP) is 5.52. The summed E-state index contributed by atoms with van der Waals surface area (Å²) < 4.78 is 7.57. The summed E-state index contributed by atoms with van der Waals surface area (Å²) in [5.74, 6) is -0.0650. The van der Waals surface area contributed by atoms with Gasteiger partial charge in [0.2, 0.25) is 5.91 Å². The zero-order chi connectivity index (χ0) is 23.9. The number of anilines is 1. The van der Waals surface area contributed by atoms with Gasteiger partial charge in [0.15, 0.2) is 0 Å². The van der Waals surface area contributed by atoms with Crippen LogP contribution in [0.4, 0.5) is 5.69 Å². The van der Waals surface area contributed by atoms with Crippen LogP contribution in [0.2, 0.25) is 0 Å². The maximum atomic E-state index is 13.1. The lowest BCUT2D eigenvalue weighted by atomic mass is 9.86. The van der Waals surface area contributed by atoms with Crippen LogP contribution in [-0.2, 0) is 22.6 Å². The molecule has 34 heavy (non-hydrogen) atoms. The molecule has 2 atom stereocenters. The van der Waals surface area contributed by atoms with E-state index in [1.165, 1.54) is 0 Å². The molecule has 1 fully saturated rings. The van der Waals surface area contributed by atoms with Crippen molar-refractivity contribution >= 4 is 28.4 Å². The fourth-order valence-corrected chi connectivity index (χ4v) is 4.80. The summed E-state index contributed by atoms with van der Waals surface area (Å²) in [4.78, 5) is 26.0. The van der Waals surface area contributed by atoms with Crippen LogP contribution < -0.4 is 10.6 Å². The van der Waals surface area contributed by atoms with Gasteiger partial charge in [-0.05, 0) is 55.5 Å². The highest BCUT2D eigenvalue weighted by atomic mass is 16.5. The summed E-state index contributed by atoms with van der Waals surface area (Å²) in [5, 5.41) is 7.10. The molecule has 0 bridgehead atoms. The number of benzene rings is 2. The van der Waals surface area contributed by atoms with Gasteiger partial charge in [-0.25, -0.2) is 0 Å². The Hall–Kier alpha value is -3.12. The number of hydrogen-bond acceptors (Lipinski definition) is 3. The zero-order valence-electron chi connectivity index (χ0n) is 20.2. The molecule has 6 nitrogen and oxygen atoms in total. The van der Waals surface area contributed by atoms with Crippen molar-refractivity contribution in [2.24, 2.45) is 5.92 Å². The van der Waals surface area contributed by atoms with Crippen molar-refractivity contribution in [1.29, 1.82) is 0 Å². The fourth-order valence-electron chi connectivity index (χ4n) is 4.80. The molecule has 2 aromatic carbocycles. The van der Waals surface area contributed by atoms with Crippen molar-refractivity contribution in [1.82, 2.24) is 9.88 Å². The highest BCUT2D eigenvalue weighted by molar-refractivity contribution is 6.00.